The molecule has 0 heterocycles. The largest absolute Gasteiger partial charge is 0.392 e. The van der Waals surface area contributed by atoms with Gasteiger partial charge in [0.2, 0.25) is 0 Å². The van der Waals surface area contributed by atoms with E-state index in [2.05, 4.69) is 13.8 Å². The lowest BCUT2D eigenvalue weighted by atomic mass is 10.1. The third kappa shape index (κ3) is 16.3. The van der Waals surface area contributed by atoms with Crippen molar-refractivity contribution >= 4 is 11.8 Å². The molecule has 1 nitrogen and oxygen atoms in total. The van der Waals surface area contributed by atoms with Gasteiger partial charge < -0.3 is 5.11 Å². The molecule has 0 aliphatic heterocycles. The Morgan fingerprint density at radius 2 is 1.26 bits per heavy atom. The van der Waals surface area contributed by atoms with Crippen LogP contribution in [0.15, 0.2) is 0 Å². The van der Waals surface area contributed by atoms with Gasteiger partial charge >= 0.3 is 0 Å². The van der Waals surface area contributed by atoms with Crippen LogP contribution in [0.4, 0.5) is 0 Å². The summed E-state index contributed by atoms with van der Waals surface area (Å²) in [4.78, 5) is 0. The first-order chi connectivity index (χ1) is 9.31. The molecule has 116 valence electrons. The van der Waals surface area contributed by atoms with Gasteiger partial charge in [-0.3, -0.25) is 0 Å². The van der Waals surface area contributed by atoms with Crippen molar-refractivity contribution in [2.24, 2.45) is 0 Å². The minimum absolute atomic E-state index is 0.0643. The zero-order valence-corrected chi connectivity index (χ0v) is 14.1. The molecule has 0 spiro atoms. The average Bonchev–Trinajstić information content (AvgIpc) is 2.41. The molecule has 0 bridgehead atoms. The second-order valence-corrected chi connectivity index (χ2v) is 6.85. The van der Waals surface area contributed by atoms with E-state index >= 15 is 0 Å². The van der Waals surface area contributed by atoms with Crippen LogP contribution in [-0.2, 0) is 0 Å². The smallest absolute Gasteiger partial charge is 0.0630 e. The predicted molar refractivity (Wildman–Crippen MR) is 90.1 cm³/mol. The van der Waals surface area contributed by atoms with E-state index in [1.54, 1.807) is 0 Å². The third-order valence-electron chi connectivity index (χ3n) is 3.55. The maximum atomic E-state index is 9.78. The summed E-state index contributed by atoms with van der Waals surface area (Å²) < 4.78 is 0. The molecular formula is C17H36OS. The second-order valence-electron chi connectivity index (χ2n) is 5.70. The van der Waals surface area contributed by atoms with Crippen LogP contribution >= 0.6 is 11.8 Å². The SMILES string of the molecule is CCCCCCCCCCCCC(O)CSCCC. The molecule has 1 N–H and O–H groups in total. The summed E-state index contributed by atoms with van der Waals surface area (Å²) in [6, 6.07) is 0. The van der Waals surface area contributed by atoms with Crippen LogP contribution in [0.5, 0.6) is 0 Å². The second kappa shape index (κ2) is 16.4. The van der Waals surface area contributed by atoms with E-state index in [0.29, 0.717) is 0 Å². The minimum Gasteiger partial charge on any atom is -0.392 e. The predicted octanol–water partition coefficient (Wildman–Crippen LogP) is 5.80. The third-order valence-corrected chi connectivity index (χ3v) is 4.87. The lowest BCUT2D eigenvalue weighted by molar-refractivity contribution is 0.185. The maximum Gasteiger partial charge on any atom is 0.0630 e. The van der Waals surface area contributed by atoms with Crippen molar-refractivity contribution in [3.8, 4) is 0 Å². The first-order valence-electron chi connectivity index (χ1n) is 8.57. The number of hydrogen-bond donors (Lipinski definition) is 1. The van der Waals surface area contributed by atoms with E-state index in [1.807, 2.05) is 11.8 Å². The van der Waals surface area contributed by atoms with Crippen LogP contribution in [-0.4, -0.2) is 22.7 Å². The maximum absolute atomic E-state index is 9.78. The van der Waals surface area contributed by atoms with Crippen molar-refractivity contribution in [2.45, 2.75) is 97.0 Å². The van der Waals surface area contributed by atoms with Crippen LogP contribution in [0.1, 0.15) is 90.9 Å². The van der Waals surface area contributed by atoms with Gasteiger partial charge in [-0.1, -0.05) is 78.1 Å². The molecule has 19 heavy (non-hydrogen) atoms. The van der Waals surface area contributed by atoms with Crippen LogP contribution in [0.2, 0.25) is 0 Å². The summed E-state index contributed by atoms with van der Waals surface area (Å²) in [6.07, 6.45) is 15.9. The molecule has 0 aliphatic carbocycles. The van der Waals surface area contributed by atoms with E-state index in [1.165, 1.54) is 76.4 Å². The topological polar surface area (TPSA) is 20.2 Å². The average molecular weight is 289 g/mol. The van der Waals surface area contributed by atoms with E-state index in [0.717, 1.165) is 12.2 Å². The summed E-state index contributed by atoms with van der Waals surface area (Å²) in [5.74, 6) is 2.13. The minimum atomic E-state index is -0.0643. The number of rotatable bonds is 15. The van der Waals surface area contributed by atoms with Gasteiger partial charge in [0.05, 0.1) is 6.10 Å². The van der Waals surface area contributed by atoms with Crippen LogP contribution in [0.3, 0.4) is 0 Å². The zero-order chi connectivity index (χ0) is 14.2. The molecule has 0 fully saturated rings. The quantitative estimate of drug-likeness (QED) is 0.384. The Bertz CT molecular complexity index is 161. The summed E-state index contributed by atoms with van der Waals surface area (Å²) >= 11 is 1.89. The molecule has 1 unspecified atom stereocenters. The molecule has 0 aromatic carbocycles. The Morgan fingerprint density at radius 1 is 0.737 bits per heavy atom. The van der Waals surface area contributed by atoms with Crippen molar-refractivity contribution in [3.63, 3.8) is 0 Å². The van der Waals surface area contributed by atoms with Crippen molar-refractivity contribution < 1.29 is 5.11 Å². The van der Waals surface area contributed by atoms with Gasteiger partial charge in [0, 0.05) is 5.75 Å². The molecule has 0 radical (unpaired) electrons. The molecule has 0 saturated carbocycles. The van der Waals surface area contributed by atoms with Gasteiger partial charge in [0.15, 0.2) is 0 Å². The summed E-state index contributed by atoms with van der Waals surface area (Å²) in [6.45, 7) is 4.47. The van der Waals surface area contributed by atoms with Crippen molar-refractivity contribution in [1.82, 2.24) is 0 Å². The van der Waals surface area contributed by atoms with Crippen LogP contribution in [0.25, 0.3) is 0 Å². The van der Waals surface area contributed by atoms with Crippen molar-refractivity contribution in [3.05, 3.63) is 0 Å². The Labute approximate surface area is 125 Å². The molecule has 0 aromatic heterocycles. The first kappa shape index (κ1) is 19.3. The number of hydrogen-bond acceptors (Lipinski definition) is 2. The Kier molecular flexibility index (Phi) is 16.6. The molecular weight excluding hydrogens is 252 g/mol. The lowest BCUT2D eigenvalue weighted by Gasteiger charge is -2.09. The van der Waals surface area contributed by atoms with Gasteiger partial charge in [-0.05, 0) is 18.6 Å². The first-order valence-corrected chi connectivity index (χ1v) is 9.72. The normalized spacial score (nSPS) is 12.8. The number of unbranched alkanes of at least 4 members (excludes halogenated alkanes) is 9. The molecule has 0 rings (SSSR count). The van der Waals surface area contributed by atoms with E-state index in [-0.39, 0.29) is 6.10 Å². The molecule has 0 saturated heterocycles. The lowest BCUT2D eigenvalue weighted by Crippen LogP contribution is -2.09. The van der Waals surface area contributed by atoms with Crippen molar-refractivity contribution in [1.29, 1.82) is 0 Å². The monoisotopic (exact) mass is 288 g/mol. The number of thioether (sulfide) groups is 1. The Morgan fingerprint density at radius 3 is 1.79 bits per heavy atom. The van der Waals surface area contributed by atoms with E-state index in [9.17, 15) is 5.11 Å². The fraction of sp³-hybridized carbons (Fsp3) is 1.00. The van der Waals surface area contributed by atoms with Crippen LogP contribution in [0, 0.1) is 0 Å². The zero-order valence-electron chi connectivity index (χ0n) is 13.3. The van der Waals surface area contributed by atoms with Gasteiger partial charge in [-0.25, -0.2) is 0 Å². The van der Waals surface area contributed by atoms with Gasteiger partial charge in [-0.15, -0.1) is 0 Å². The molecule has 0 aromatic rings. The molecule has 2 heteroatoms. The van der Waals surface area contributed by atoms with Gasteiger partial charge in [0.25, 0.3) is 0 Å². The highest BCUT2D eigenvalue weighted by Crippen LogP contribution is 2.13. The molecule has 0 aliphatic rings. The highest BCUT2D eigenvalue weighted by atomic mass is 32.2. The Hall–Kier alpha value is 0.310. The van der Waals surface area contributed by atoms with Gasteiger partial charge in [0.1, 0.15) is 0 Å². The van der Waals surface area contributed by atoms with E-state index < -0.39 is 0 Å². The van der Waals surface area contributed by atoms with Gasteiger partial charge in [-0.2, -0.15) is 11.8 Å². The van der Waals surface area contributed by atoms with Crippen LogP contribution < -0.4 is 0 Å². The van der Waals surface area contributed by atoms with Crippen molar-refractivity contribution in [2.75, 3.05) is 11.5 Å². The molecule has 1 atom stereocenters. The number of aliphatic hydroxyl groups is 1. The fourth-order valence-corrected chi connectivity index (χ4v) is 3.21. The summed E-state index contributed by atoms with van der Waals surface area (Å²) in [7, 11) is 0. The standard InChI is InChI=1S/C17H36OS/c1-3-5-6-7-8-9-10-11-12-13-14-17(18)16-19-15-4-2/h17-18H,3-16H2,1-2H3. The number of aliphatic hydroxyl groups excluding tert-OH is 1. The highest BCUT2D eigenvalue weighted by Gasteiger charge is 2.03. The van der Waals surface area contributed by atoms with E-state index in [4.69, 9.17) is 0 Å². The fourth-order valence-electron chi connectivity index (χ4n) is 2.31. The Balaban J connectivity index is 3.05. The highest BCUT2D eigenvalue weighted by molar-refractivity contribution is 7.99. The summed E-state index contributed by atoms with van der Waals surface area (Å²) in [5, 5.41) is 9.78. The molecule has 0 amide bonds. The summed E-state index contributed by atoms with van der Waals surface area (Å²) in [5.41, 5.74) is 0.